The largest absolute Gasteiger partial charge is 0.271 e. The molecular formula is C18H14F2N4O2. The minimum Gasteiger partial charge on any atom is -0.271 e. The highest BCUT2D eigenvalue weighted by molar-refractivity contribution is 6.25. The van der Waals surface area contributed by atoms with Crippen LogP contribution in [-0.4, -0.2) is 28.9 Å². The molecule has 0 spiro atoms. The molecule has 1 fully saturated rings. The summed E-state index contributed by atoms with van der Waals surface area (Å²) in [5, 5.41) is 9.36. The molecule has 0 N–H and O–H groups in total. The highest BCUT2D eigenvalue weighted by Gasteiger charge is 2.54. The number of hydrogen-bond donors (Lipinski definition) is 0. The van der Waals surface area contributed by atoms with Crippen LogP contribution in [0.25, 0.3) is 0 Å². The van der Waals surface area contributed by atoms with Crippen LogP contribution in [0.1, 0.15) is 11.1 Å². The first-order valence-corrected chi connectivity index (χ1v) is 8.02. The number of halogens is 2. The summed E-state index contributed by atoms with van der Waals surface area (Å²) in [6, 6.07) is 8.68. The summed E-state index contributed by atoms with van der Waals surface area (Å²) in [6.07, 6.45) is 0. The van der Waals surface area contributed by atoms with Gasteiger partial charge in [-0.3, -0.25) is 14.6 Å². The molecule has 2 aromatic carbocycles. The van der Waals surface area contributed by atoms with Gasteiger partial charge in [0.2, 0.25) is 0 Å². The van der Waals surface area contributed by atoms with Crippen molar-refractivity contribution in [1.82, 2.24) is 5.01 Å². The fourth-order valence-corrected chi connectivity index (χ4v) is 3.19. The number of anilines is 1. The smallest absolute Gasteiger partial charge is 0.263 e. The van der Waals surface area contributed by atoms with Crippen LogP contribution in [0.4, 0.5) is 14.5 Å². The summed E-state index contributed by atoms with van der Waals surface area (Å²) >= 11 is 0. The van der Waals surface area contributed by atoms with Crippen LogP contribution in [0.15, 0.2) is 52.8 Å². The molecule has 4 rings (SSSR count). The van der Waals surface area contributed by atoms with Crippen molar-refractivity contribution in [3.8, 4) is 0 Å². The molecule has 26 heavy (non-hydrogen) atoms. The third kappa shape index (κ3) is 2.45. The van der Waals surface area contributed by atoms with E-state index < -0.39 is 35.5 Å². The first-order valence-electron chi connectivity index (χ1n) is 8.02. The fourth-order valence-electron chi connectivity index (χ4n) is 3.19. The van der Waals surface area contributed by atoms with Crippen molar-refractivity contribution in [2.45, 2.75) is 25.6 Å². The molecule has 0 bridgehead atoms. The fraction of sp³-hybridized carbons (Fsp3) is 0.222. The van der Waals surface area contributed by atoms with E-state index in [0.29, 0.717) is 6.54 Å². The van der Waals surface area contributed by atoms with Crippen LogP contribution in [0.3, 0.4) is 0 Å². The van der Waals surface area contributed by atoms with E-state index in [0.717, 1.165) is 28.2 Å². The molecule has 2 aliphatic rings. The second-order valence-electron chi connectivity index (χ2n) is 6.23. The Kier molecular flexibility index (Phi) is 3.75. The second-order valence-corrected chi connectivity index (χ2v) is 6.23. The number of rotatable bonds is 3. The third-order valence-electron chi connectivity index (χ3n) is 4.61. The Hall–Kier alpha value is -3.16. The topological polar surface area (TPSA) is 65.3 Å². The van der Waals surface area contributed by atoms with Crippen molar-refractivity contribution in [3.05, 3.63) is 65.2 Å². The number of carbonyl (C=O) groups excluding carboxylic acids is 2. The average molecular weight is 356 g/mol. The van der Waals surface area contributed by atoms with Gasteiger partial charge in [-0.2, -0.15) is 5.11 Å². The van der Waals surface area contributed by atoms with Gasteiger partial charge in [-0.15, -0.1) is 0 Å². The second kappa shape index (κ2) is 5.98. The summed E-state index contributed by atoms with van der Waals surface area (Å²) in [6.45, 7) is 2.26. The molecule has 2 amide bonds. The van der Waals surface area contributed by atoms with E-state index in [4.69, 9.17) is 0 Å². The van der Waals surface area contributed by atoms with Gasteiger partial charge < -0.3 is 0 Å². The molecule has 2 aromatic rings. The van der Waals surface area contributed by atoms with Crippen LogP contribution < -0.4 is 4.90 Å². The molecule has 6 nitrogen and oxygen atoms in total. The van der Waals surface area contributed by atoms with E-state index in [1.165, 1.54) is 11.1 Å². The first kappa shape index (κ1) is 16.3. The van der Waals surface area contributed by atoms with Crippen molar-refractivity contribution in [2.75, 3.05) is 4.90 Å². The van der Waals surface area contributed by atoms with Gasteiger partial charge in [0, 0.05) is 6.07 Å². The van der Waals surface area contributed by atoms with E-state index in [9.17, 15) is 18.4 Å². The highest BCUT2D eigenvalue weighted by atomic mass is 19.2. The van der Waals surface area contributed by atoms with Gasteiger partial charge in [0.15, 0.2) is 23.7 Å². The summed E-state index contributed by atoms with van der Waals surface area (Å²) in [5.74, 6) is -3.32. The molecule has 1 saturated heterocycles. The zero-order valence-electron chi connectivity index (χ0n) is 13.8. The van der Waals surface area contributed by atoms with Crippen molar-refractivity contribution in [3.63, 3.8) is 0 Å². The van der Waals surface area contributed by atoms with E-state index in [1.807, 2.05) is 31.2 Å². The van der Waals surface area contributed by atoms with E-state index in [-0.39, 0.29) is 5.69 Å². The standard InChI is InChI=1S/C18H14F2N4O2/c1-10-4-2-3-5-11(10)9-23-16-15(21-22-23)17(25)24(18(16)26)12-6-7-13(19)14(20)8-12/h2-8,15-16H,9H2,1H3/t15-,16-/m0/s1. The lowest BCUT2D eigenvalue weighted by atomic mass is 10.1. The van der Waals surface area contributed by atoms with Crippen LogP contribution in [-0.2, 0) is 16.1 Å². The molecule has 2 aliphatic heterocycles. The van der Waals surface area contributed by atoms with Gasteiger partial charge in [0.25, 0.3) is 11.8 Å². The number of hydrogen-bond acceptors (Lipinski definition) is 5. The van der Waals surface area contributed by atoms with E-state index >= 15 is 0 Å². The number of fused-ring (bicyclic) bond motifs is 1. The van der Waals surface area contributed by atoms with Crippen LogP contribution in [0, 0.1) is 18.6 Å². The third-order valence-corrected chi connectivity index (χ3v) is 4.61. The maximum Gasteiger partial charge on any atom is 0.263 e. The summed E-state index contributed by atoms with van der Waals surface area (Å²) < 4.78 is 26.7. The van der Waals surface area contributed by atoms with E-state index in [1.54, 1.807) is 0 Å². The molecular weight excluding hydrogens is 342 g/mol. The van der Waals surface area contributed by atoms with Crippen molar-refractivity contribution < 1.29 is 18.4 Å². The van der Waals surface area contributed by atoms with Gasteiger partial charge in [0.05, 0.1) is 12.2 Å². The lowest BCUT2D eigenvalue weighted by Crippen LogP contribution is -2.39. The Morgan fingerprint density at radius 3 is 2.54 bits per heavy atom. The minimum atomic E-state index is -1.13. The molecule has 0 aliphatic carbocycles. The SMILES string of the molecule is Cc1ccccc1CN1N=N[C@@H]2C(=O)N(c3ccc(F)c(F)c3)C(=O)[C@H]21. The molecule has 0 unspecified atom stereocenters. The summed E-state index contributed by atoms with van der Waals surface area (Å²) in [4.78, 5) is 26.2. The molecule has 0 aromatic heterocycles. The van der Waals surface area contributed by atoms with Gasteiger partial charge in [-0.05, 0) is 30.2 Å². The van der Waals surface area contributed by atoms with E-state index in [2.05, 4.69) is 10.3 Å². The van der Waals surface area contributed by atoms with Gasteiger partial charge >= 0.3 is 0 Å². The van der Waals surface area contributed by atoms with Crippen molar-refractivity contribution >= 4 is 17.5 Å². The zero-order valence-corrected chi connectivity index (χ0v) is 13.8. The van der Waals surface area contributed by atoms with Crippen molar-refractivity contribution in [1.29, 1.82) is 0 Å². The van der Waals surface area contributed by atoms with Gasteiger partial charge in [0.1, 0.15) is 0 Å². The minimum absolute atomic E-state index is 0.0145. The Labute approximate surface area is 147 Å². The predicted molar refractivity (Wildman–Crippen MR) is 88.0 cm³/mol. The van der Waals surface area contributed by atoms with Gasteiger partial charge in [-0.1, -0.05) is 29.5 Å². The first-order chi connectivity index (χ1) is 12.5. The molecule has 132 valence electrons. The number of carbonyl (C=O) groups is 2. The monoisotopic (exact) mass is 356 g/mol. The summed E-state index contributed by atoms with van der Waals surface area (Å²) in [5.41, 5.74) is 1.97. The normalized spacial score (nSPS) is 21.7. The van der Waals surface area contributed by atoms with Crippen LogP contribution in [0.2, 0.25) is 0 Å². The van der Waals surface area contributed by atoms with Crippen LogP contribution >= 0.6 is 0 Å². The van der Waals surface area contributed by atoms with Crippen molar-refractivity contribution in [2.24, 2.45) is 10.3 Å². The average Bonchev–Trinajstić information content (AvgIpc) is 3.13. The Bertz CT molecular complexity index is 947. The Balaban J connectivity index is 1.63. The lowest BCUT2D eigenvalue weighted by molar-refractivity contribution is -0.123. The number of imide groups is 1. The highest BCUT2D eigenvalue weighted by Crippen LogP contribution is 2.33. The van der Waals surface area contributed by atoms with Crippen LogP contribution in [0.5, 0.6) is 0 Å². The molecule has 2 atom stereocenters. The lowest BCUT2D eigenvalue weighted by Gasteiger charge is -2.21. The van der Waals surface area contributed by atoms with Gasteiger partial charge in [-0.25, -0.2) is 13.7 Å². The number of aryl methyl sites for hydroxylation is 1. The molecule has 2 heterocycles. The zero-order chi connectivity index (χ0) is 18.4. The molecule has 0 radical (unpaired) electrons. The number of nitrogens with zero attached hydrogens (tertiary/aromatic N) is 4. The Morgan fingerprint density at radius 1 is 1.04 bits per heavy atom. The maximum atomic E-state index is 13.5. The number of benzene rings is 2. The quantitative estimate of drug-likeness (QED) is 0.795. The Morgan fingerprint density at radius 2 is 1.81 bits per heavy atom. The molecule has 8 heteroatoms. The number of amides is 2. The molecule has 0 saturated carbocycles. The predicted octanol–water partition coefficient (Wildman–Crippen LogP) is 2.77. The maximum absolute atomic E-state index is 13.5. The summed E-state index contributed by atoms with van der Waals surface area (Å²) in [7, 11) is 0.